The molecule has 0 spiro atoms. The number of anilines is 2. The lowest BCUT2D eigenvalue weighted by atomic mass is 9.82. The quantitative estimate of drug-likeness (QED) is 0.201. The van der Waals surface area contributed by atoms with Crippen LogP contribution in [0.3, 0.4) is 0 Å². The maximum atomic E-state index is 10.4. The fourth-order valence-corrected chi connectivity index (χ4v) is 9.06. The first-order valence-corrected chi connectivity index (χ1v) is 16.1. The molecular formula is C41H27N3S. The number of benzene rings is 5. The summed E-state index contributed by atoms with van der Waals surface area (Å²) in [5.74, 6) is 0.134. The van der Waals surface area contributed by atoms with Crippen LogP contribution in [0.1, 0.15) is 47.6 Å². The fraction of sp³-hybridized carbons (Fsp3) is 0.122. The summed E-state index contributed by atoms with van der Waals surface area (Å²) in [6, 6.07) is 37.2. The van der Waals surface area contributed by atoms with Crippen LogP contribution in [0.25, 0.3) is 42.4 Å². The van der Waals surface area contributed by atoms with Gasteiger partial charge in [0.25, 0.3) is 0 Å². The maximum absolute atomic E-state index is 10.4. The van der Waals surface area contributed by atoms with E-state index < -0.39 is 0 Å². The van der Waals surface area contributed by atoms with Gasteiger partial charge < -0.3 is 4.90 Å². The van der Waals surface area contributed by atoms with Gasteiger partial charge in [0.1, 0.15) is 0 Å². The second-order valence-corrected chi connectivity index (χ2v) is 13.8. The van der Waals surface area contributed by atoms with Crippen LogP contribution in [0.2, 0.25) is 0 Å². The largest absolute Gasteiger partial charge is 0.333 e. The zero-order chi connectivity index (χ0) is 30.4. The summed E-state index contributed by atoms with van der Waals surface area (Å²) in [5.41, 5.74) is 11.9. The van der Waals surface area contributed by atoms with Crippen molar-refractivity contribution < 1.29 is 0 Å². The molecule has 0 fully saturated rings. The molecule has 2 unspecified atom stereocenters. The van der Waals surface area contributed by atoms with Crippen molar-refractivity contribution in [3.05, 3.63) is 143 Å². The van der Waals surface area contributed by atoms with E-state index in [9.17, 15) is 10.5 Å². The van der Waals surface area contributed by atoms with Crippen LogP contribution >= 0.6 is 11.3 Å². The molecule has 45 heavy (non-hydrogen) atoms. The lowest BCUT2D eigenvalue weighted by Gasteiger charge is -2.31. The van der Waals surface area contributed by atoms with Crippen LogP contribution in [0.15, 0.2) is 115 Å². The van der Waals surface area contributed by atoms with Gasteiger partial charge in [-0.25, -0.2) is 0 Å². The van der Waals surface area contributed by atoms with Gasteiger partial charge in [0.05, 0.1) is 35.0 Å². The molecule has 1 aromatic heterocycles. The predicted molar refractivity (Wildman–Crippen MR) is 185 cm³/mol. The Hall–Kier alpha value is -5.42. The second-order valence-electron chi connectivity index (χ2n) is 12.7. The molecule has 1 aliphatic heterocycles. The highest BCUT2D eigenvalue weighted by molar-refractivity contribution is 7.25. The Morgan fingerprint density at radius 2 is 1.56 bits per heavy atom. The van der Waals surface area contributed by atoms with Gasteiger partial charge >= 0.3 is 0 Å². The molecule has 4 heteroatoms. The molecule has 2 aliphatic carbocycles. The van der Waals surface area contributed by atoms with Gasteiger partial charge in [-0.2, -0.15) is 10.5 Å². The lowest BCUT2D eigenvalue weighted by Crippen LogP contribution is -2.29. The first-order valence-electron chi connectivity index (χ1n) is 15.3. The van der Waals surface area contributed by atoms with E-state index in [0.29, 0.717) is 11.1 Å². The van der Waals surface area contributed by atoms with Crippen molar-refractivity contribution in [1.82, 2.24) is 0 Å². The minimum atomic E-state index is -0.0390. The summed E-state index contributed by atoms with van der Waals surface area (Å²) < 4.78 is 2.54. The average molecular weight is 594 g/mol. The Kier molecular flexibility index (Phi) is 5.37. The van der Waals surface area contributed by atoms with Gasteiger partial charge in [-0.3, -0.25) is 0 Å². The third kappa shape index (κ3) is 3.55. The molecule has 3 aliphatic rings. The molecule has 2 heterocycles. The minimum Gasteiger partial charge on any atom is -0.333 e. The van der Waals surface area contributed by atoms with E-state index in [1.807, 2.05) is 35.6 Å². The van der Waals surface area contributed by atoms with Crippen LogP contribution < -0.4 is 4.90 Å². The number of nitrogens with zero attached hydrogens (tertiary/aromatic N) is 3. The molecule has 0 N–H and O–H groups in total. The number of rotatable bonds is 2. The van der Waals surface area contributed by atoms with Crippen molar-refractivity contribution in [1.29, 1.82) is 10.5 Å². The normalized spacial score (nSPS) is 18.4. The summed E-state index contributed by atoms with van der Waals surface area (Å²) in [7, 11) is 0. The average Bonchev–Trinajstić information content (AvgIpc) is 3.68. The fourth-order valence-electron chi connectivity index (χ4n) is 7.95. The maximum Gasteiger partial charge on any atom is 0.0998 e. The highest BCUT2D eigenvalue weighted by atomic mass is 32.1. The van der Waals surface area contributed by atoms with E-state index in [1.54, 1.807) is 0 Å². The zero-order valence-electron chi connectivity index (χ0n) is 24.9. The van der Waals surface area contributed by atoms with Crippen molar-refractivity contribution in [3.8, 4) is 34.4 Å². The summed E-state index contributed by atoms with van der Waals surface area (Å²) >= 11 is 1.84. The molecule has 9 rings (SSSR count). The molecule has 0 radical (unpaired) electrons. The molecule has 6 aromatic rings. The SMILES string of the molecule is CC1(C)c2ccccc2-c2cc3c(cc21)sc1ccc(-c2c(C#N)cccc2N2c4ccc(C#N)cc4C4C=CC=CC42)cc13. The molecule has 0 bridgehead atoms. The number of thiophene rings is 1. The van der Waals surface area contributed by atoms with E-state index in [2.05, 4.69) is 122 Å². The molecule has 2 atom stereocenters. The lowest BCUT2D eigenvalue weighted by molar-refractivity contribution is 0.661. The number of fused-ring (bicyclic) bond motifs is 9. The van der Waals surface area contributed by atoms with Gasteiger partial charge in [-0.1, -0.05) is 74.5 Å². The van der Waals surface area contributed by atoms with Crippen LogP contribution in [0, 0.1) is 22.7 Å². The molecule has 0 saturated carbocycles. The van der Waals surface area contributed by atoms with Gasteiger partial charge in [0.15, 0.2) is 0 Å². The number of nitriles is 2. The Balaban J connectivity index is 1.26. The first kappa shape index (κ1) is 26.0. The highest BCUT2D eigenvalue weighted by Gasteiger charge is 2.39. The van der Waals surface area contributed by atoms with E-state index >= 15 is 0 Å². The highest BCUT2D eigenvalue weighted by Crippen LogP contribution is 2.53. The Labute approximate surface area is 266 Å². The van der Waals surface area contributed by atoms with Crippen molar-refractivity contribution in [2.75, 3.05) is 4.90 Å². The zero-order valence-corrected chi connectivity index (χ0v) is 25.7. The van der Waals surface area contributed by atoms with Gasteiger partial charge in [-0.05, 0) is 88.0 Å². The standard InChI is InChI=1S/C41H27N3S/c1-41(2)33-11-5-3-9-27(33)29-20-32-31-19-25(15-17-38(31)45-39(32)21-34(29)41)40-26(23-43)8-7-13-37(40)44-35-12-6-4-10-28(35)30-18-24(22-42)14-16-36(30)44/h3-21,28,35H,1-2H3. The first-order chi connectivity index (χ1) is 22.0. The van der Waals surface area contributed by atoms with Crippen molar-refractivity contribution in [3.63, 3.8) is 0 Å². The summed E-state index contributed by atoms with van der Waals surface area (Å²) in [6.07, 6.45) is 8.64. The monoisotopic (exact) mass is 593 g/mol. The summed E-state index contributed by atoms with van der Waals surface area (Å²) in [6.45, 7) is 4.66. The summed E-state index contributed by atoms with van der Waals surface area (Å²) in [5, 5.41) is 22.5. The third-order valence-corrected chi connectivity index (χ3v) is 11.2. The molecule has 0 saturated heterocycles. The molecule has 3 nitrogen and oxygen atoms in total. The Morgan fingerprint density at radius 3 is 2.42 bits per heavy atom. The van der Waals surface area contributed by atoms with Crippen LogP contribution in [0.4, 0.5) is 11.4 Å². The van der Waals surface area contributed by atoms with Crippen molar-refractivity contribution in [2.24, 2.45) is 0 Å². The number of hydrogen-bond donors (Lipinski definition) is 0. The van der Waals surface area contributed by atoms with Gasteiger partial charge in [-0.15, -0.1) is 11.3 Å². The Morgan fingerprint density at radius 1 is 0.711 bits per heavy atom. The second kappa shape index (κ2) is 9.29. The molecule has 5 aromatic carbocycles. The summed E-state index contributed by atoms with van der Waals surface area (Å²) in [4.78, 5) is 2.36. The van der Waals surface area contributed by atoms with Crippen LogP contribution in [-0.4, -0.2) is 6.04 Å². The molecule has 0 amide bonds. The molecule has 212 valence electrons. The van der Waals surface area contributed by atoms with E-state index in [-0.39, 0.29) is 17.4 Å². The van der Waals surface area contributed by atoms with Crippen molar-refractivity contribution >= 4 is 42.9 Å². The van der Waals surface area contributed by atoms with Gasteiger partial charge in [0.2, 0.25) is 0 Å². The number of allylic oxidation sites excluding steroid dienone is 2. The smallest absolute Gasteiger partial charge is 0.0998 e. The van der Waals surface area contributed by atoms with Crippen molar-refractivity contribution in [2.45, 2.75) is 31.2 Å². The van der Waals surface area contributed by atoms with Crippen LogP contribution in [0.5, 0.6) is 0 Å². The predicted octanol–water partition coefficient (Wildman–Crippen LogP) is 10.5. The van der Waals surface area contributed by atoms with Gasteiger partial charge in [0, 0.05) is 42.8 Å². The topological polar surface area (TPSA) is 50.8 Å². The van der Waals surface area contributed by atoms with Crippen LogP contribution in [-0.2, 0) is 5.41 Å². The van der Waals surface area contributed by atoms with E-state index in [4.69, 9.17) is 0 Å². The number of hydrogen-bond acceptors (Lipinski definition) is 4. The third-order valence-electron chi connectivity index (χ3n) is 10.1. The van der Waals surface area contributed by atoms with E-state index in [1.165, 1.54) is 42.4 Å². The minimum absolute atomic E-state index is 0.0390. The molecular weight excluding hydrogens is 567 g/mol. The van der Waals surface area contributed by atoms with E-state index in [0.717, 1.165) is 28.1 Å². The Bertz CT molecular complexity index is 2410.